The molecular weight excluding hydrogens is 487 g/mol. The van der Waals surface area contributed by atoms with E-state index in [1.54, 1.807) is 11.3 Å². The van der Waals surface area contributed by atoms with Gasteiger partial charge in [0, 0.05) is 16.6 Å². The molecule has 0 saturated heterocycles. The average molecular weight is 518 g/mol. The van der Waals surface area contributed by atoms with Gasteiger partial charge in [0.2, 0.25) is 0 Å². The molecule has 0 amide bonds. The molecule has 37 heavy (non-hydrogen) atoms. The van der Waals surface area contributed by atoms with Crippen LogP contribution >= 0.6 is 11.3 Å². The highest BCUT2D eigenvalue weighted by atomic mass is 32.1. The lowest BCUT2D eigenvalue weighted by molar-refractivity contribution is -0.211. The Morgan fingerprint density at radius 1 is 0.865 bits per heavy atom. The van der Waals surface area contributed by atoms with E-state index in [0.717, 1.165) is 37.3 Å². The van der Waals surface area contributed by atoms with Crippen molar-refractivity contribution in [3.05, 3.63) is 89.6 Å². The maximum atomic E-state index is 13.4. The first-order chi connectivity index (χ1) is 17.5. The Bertz CT molecular complexity index is 1590. The van der Waals surface area contributed by atoms with Crippen LogP contribution in [0.4, 0.5) is 13.2 Å². The zero-order chi connectivity index (χ0) is 26.5. The van der Waals surface area contributed by atoms with Crippen LogP contribution in [0, 0.1) is 12.3 Å². The zero-order valence-electron chi connectivity index (χ0n) is 21.7. The van der Waals surface area contributed by atoms with Crippen LogP contribution in [0.1, 0.15) is 50.3 Å². The highest BCUT2D eigenvalue weighted by Gasteiger charge is 2.46. The normalized spacial score (nSPS) is 12.7. The third-order valence-electron chi connectivity index (χ3n) is 7.27. The Labute approximate surface area is 220 Å². The predicted octanol–water partition coefficient (Wildman–Crippen LogP) is 10.3. The fourth-order valence-corrected chi connectivity index (χ4v) is 6.29. The minimum Gasteiger partial charge on any atom is -0.255 e. The number of fused-ring (bicyclic) bond motifs is 2. The van der Waals surface area contributed by atoms with Crippen LogP contribution < -0.4 is 0 Å². The number of hydrogen-bond donors (Lipinski definition) is 0. The molecule has 0 bridgehead atoms. The molecule has 0 spiro atoms. The highest BCUT2D eigenvalue weighted by molar-refractivity contribution is 7.23. The van der Waals surface area contributed by atoms with Gasteiger partial charge in [-0.15, -0.1) is 11.3 Å². The molecule has 5 aromatic rings. The van der Waals surface area contributed by atoms with Crippen molar-refractivity contribution in [1.29, 1.82) is 0 Å². The van der Waals surface area contributed by atoms with Crippen LogP contribution in [0.3, 0.4) is 0 Å². The van der Waals surface area contributed by atoms with Gasteiger partial charge in [0.15, 0.2) is 0 Å². The first-order valence-electron chi connectivity index (χ1n) is 12.5. The molecule has 5 heteroatoms. The molecule has 0 aliphatic carbocycles. The quantitative estimate of drug-likeness (QED) is 0.226. The Morgan fingerprint density at radius 2 is 1.57 bits per heavy atom. The fraction of sp³-hybridized carbons (Fsp3) is 0.281. The molecule has 5 rings (SSSR count). The minimum atomic E-state index is -4.24. The number of pyridine rings is 1. The summed E-state index contributed by atoms with van der Waals surface area (Å²) in [6, 6.07) is 22.5. The number of hydrogen-bond acceptors (Lipinski definition) is 2. The number of rotatable bonds is 5. The number of benzene rings is 3. The van der Waals surface area contributed by atoms with E-state index in [1.165, 1.54) is 30.2 Å². The molecule has 1 nitrogen and oxygen atoms in total. The molecule has 190 valence electrons. The smallest absolute Gasteiger partial charge is 0.255 e. The number of aromatic nitrogens is 1. The van der Waals surface area contributed by atoms with Crippen molar-refractivity contribution >= 4 is 32.2 Å². The van der Waals surface area contributed by atoms with E-state index in [4.69, 9.17) is 4.98 Å². The van der Waals surface area contributed by atoms with Crippen LogP contribution in [-0.4, -0.2) is 11.2 Å². The van der Waals surface area contributed by atoms with Crippen molar-refractivity contribution < 1.29 is 13.2 Å². The van der Waals surface area contributed by atoms with Crippen LogP contribution in [0.2, 0.25) is 0 Å². The van der Waals surface area contributed by atoms with Crippen molar-refractivity contribution in [1.82, 2.24) is 4.98 Å². The largest absolute Gasteiger partial charge is 0.394 e. The van der Waals surface area contributed by atoms with E-state index < -0.39 is 11.6 Å². The summed E-state index contributed by atoms with van der Waals surface area (Å²) >= 11 is 1.70. The predicted molar refractivity (Wildman–Crippen MR) is 150 cm³/mol. The Hall–Kier alpha value is -3.18. The summed E-state index contributed by atoms with van der Waals surface area (Å²) in [6.45, 7) is 9.05. The number of alkyl halides is 3. The standard InChI is InChI=1S/C32H30F3NS/c1-19(2)27-17-24(16-23-8-6-7-9-26(23)27)28-30-25(14-15-36-28)20(3)29(37-30)22-12-10-21(11-13-22)18-31(4,5)32(33,34)35/h6-17,19H,18H2,1-5H3. The van der Waals surface area contributed by atoms with Gasteiger partial charge in [-0.1, -0.05) is 76.2 Å². The maximum absolute atomic E-state index is 13.4. The molecule has 0 N–H and O–H groups in total. The molecule has 0 radical (unpaired) electrons. The van der Waals surface area contributed by atoms with E-state index in [1.807, 2.05) is 30.5 Å². The number of nitrogens with zero attached hydrogens (tertiary/aromatic N) is 1. The second kappa shape index (κ2) is 9.29. The number of aryl methyl sites for hydroxylation is 1. The van der Waals surface area contributed by atoms with Gasteiger partial charge in [-0.05, 0) is 75.9 Å². The van der Waals surface area contributed by atoms with Gasteiger partial charge in [0.05, 0.1) is 15.8 Å². The van der Waals surface area contributed by atoms with Gasteiger partial charge < -0.3 is 0 Å². The van der Waals surface area contributed by atoms with Crippen molar-refractivity contribution in [2.24, 2.45) is 5.41 Å². The van der Waals surface area contributed by atoms with Crippen molar-refractivity contribution in [3.63, 3.8) is 0 Å². The van der Waals surface area contributed by atoms with Crippen molar-refractivity contribution in [3.8, 4) is 21.7 Å². The Kier molecular flexibility index (Phi) is 6.39. The molecular formula is C32H30F3NS. The molecule has 0 saturated carbocycles. The number of halogens is 3. The maximum Gasteiger partial charge on any atom is 0.394 e. The Balaban J connectivity index is 1.58. The summed E-state index contributed by atoms with van der Waals surface area (Å²) in [6.07, 6.45) is -2.42. The lowest BCUT2D eigenvalue weighted by Gasteiger charge is -2.27. The van der Waals surface area contributed by atoms with Gasteiger partial charge in [-0.25, -0.2) is 0 Å². The SMILES string of the molecule is Cc1c(-c2ccc(CC(C)(C)C(F)(F)F)cc2)sc2c(-c3cc(C(C)C)c4ccccc4c3)nccc12. The topological polar surface area (TPSA) is 12.9 Å². The molecule has 0 aliphatic rings. The second-order valence-electron chi connectivity index (χ2n) is 10.8. The van der Waals surface area contributed by atoms with E-state index in [0.29, 0.717) is 11.5 Å². The molecule has 0 aliphatic heterocycles. The highest BCUT2D eigenvalue weighted by Crippen LogP contribution is 2.44. The average Bonchev–Trinajstić information content (AvgIpc) is 3.19. The fourth-order valence-electron chi connectivity index (χ4n) is 4.97. The van der Waals surface area contributed by atoms with Crippen LogP contribution in [-0.2, 0) is 6.42 Å². The van der Waals surface area contributed by atoms with Gasteiger partial charge in [-0.2, -0.15) is 13.2 Å². The van der Waals surface area contributed by atoms with Gasteiger partial charge in [0.1, 0.15) is 0 Å². The van der Waals surface area contributed by atoms with Gasteiger partial charge >= 0.3 is 6.18 Å². The second-order valence-corrected chi connectivity index (χ2v) is 11.8. The lowest BCUT2D eigenvalue weighted by atomic mass is 9.85. The summed E-state index contributed by atoms with van der Waals surface area (Å²) in [7, 11) is 0. The summed E-state index contributed by atoms with van der Waals surface area (Å²) in [5.41, 5.74) is 4.47. The third-order valence-corrected chi connectivity index (χ3v) is 8.64. The first kappa shape index (κ1) is 25.5. The van der Waals surface area contributed by atoms with E-state index in [9.17, 15) is 13.2 Å². The number of thiophene rings is 1. The van der Waals surface area contributed by atoms with Crippen molar-refractivity contribution in [2.75, 3.05) is 0 Å². The van der Waals surface area contributed by atoms with E-state index in [-0.39, 0.29) is 6.42 Å². The monoisotopic (exact) mass is 517 g/mol. The lowest BCUT2D eigenvalue weighted by Crippen LogP contribution is -2.34. The molecule has 0 fully saturated rings. The van der Waals surface area contributed by atoms with Gasteiger partial charge in [-0.3, -0.25) is 4.98 Å². The zero-order valence-corrected chi connectivity index (χ0v) is 22.5. The van der Waals surface area contributed by atoms with E-state index in [2.05, 4.69) is 63.2 Å². The first-order valence-corrected chi connectivity index (χ1v) is 13.3. The van der Waals surface area contributed by atoms with E-state index >= 15 is 0 Å². The minimum absolute atomic E-state index is 0.0452. The van der Waals surface area contributed by atoms with Crippen LogP contribution in [0.15, 0.2) is 72.9 Å². The molecule has 3 aromatic carbocycles. The summed E-state index contributed by atoms with van der Waals surface area (Å²) < 4.78 is 41.2. The summed E-state index contributed by atoms with van der Waals surface area (Å²) in [5, 5.41) is 3.63. The third kappa shape index (κ3) is 4.66. The van der Waals surface area contributed by atoms with Crippen LogP contribution in [0.25, 0.3) is 42.6 Å². The van der Waals surface area contributed by atoms with Crippen molar-refractivity contribution in [2.45, 2.75) is 53.1 Å². The summed E-state index contributed by atoms with van der Waals surface area (Å²) in [4.78, 5) is 5.93. The molecule has 0 unspecified atom stereocenters. The Morgan fingerprint density at radius 3 is 2.24 bits per heavy atom. The molecule has 0 atom stereocenters. The molecule has 2 aromatic heterocycles. The summed E-state index contributed by atoms with van der Waals surface area (Å²) in [5.74, 6) is 0.380. The molecule has 2 heterocycles. The van der Waals surface area contributed by atoms with Crippen LogP contribution in [0.5, 0.6) is 0 Å². The van der Waals surface area contributed by atoms with Gasteiger partial charge in [0.25, 0.3) is 0 Å².